The Hall–Kier alpha value is -1.40. The molecule has 3 rings (SSSR count). The van der Waals surface area contributed by atoms with Gasteiger partial charge in [-0.25, -0.2) is 0 Å². The molecule has 3 heterocycles. The lowest BCUT2D eigenvalue weighted by Gasteiger charge is -2.45. The number of methoxy groups -OCH3 is 1. The normalized spacial score (nSPS) is 23.8. The lowest BCUT2D eigenvalue weighted by Crippen LogP contribution is -2.52. The highest BCUT2D eigenvalue weighted by atomic mass is 16.5. The number of piperidine rings is 2. The van der Waals surface area contributed by atoms with Gasteiger partial charge in [0.15, 0.2) is 0 Å². The van der Waals surface area contributed by atoms with Crippen LogP contribution in [0.4, 0.5) is 0 Å². The predicted molar refractivity (Wildman–Crippen MR) is 102 cm³/mol. The predicted octanol–water partition coefficient (Wildman–Crippen LogP) is 2.82. The molecule has 146 valence electrons. The molecule has 1 aromatic heterocycles. The Morgan fingerprint density at radius 2 is 2.12 bits per heavy atom. The van der Waals surface area contributed by atoms with Gasteiger partial charge in [-0.05, 0) is 58.5 Å². The van der Waals surface area contributed by atoms with Crippen LogP contribution < -0.4 is 0 Å². The van der Waals surface area contributed by atoms with Crippen LogP contribution in [0.2, 0.25) is 0 Å². The highest BCUT2D eigenvalue weighted by molar-refractivity contribution is 5.93. The maximum absolute atomic E-state index is 13.1. The van der Waals surface area contributed by atoms with Crippen molar-refractivity contribution in [1.82, 2.24) is 19.6 Å². The van der Waals surface area contributed by atoms with E-state index >= 15 is 0 Å². The van der Waals surface area contributed by atoms with E-state index in [0.717, 1.165) is 6.54 Å². The van der Waals surface area contributed by atoms with Gasteiger partial charge in [-0.15, -0.1) is 0 Å². The van der Waals surface area contributed by atoms with E-state index < -0.39 is 0 Å². The third-order valence-electron chi connectivity index (χ3n) is 5.91. The van der Waals surface area contributed by atoms with E-state index in [2.05, 4.69) is 23.8 Å². The van der Waals surface area contributed by atoms with Crippen molar-refractivity contribution in [2.24, 2.45) is 5.92 Å². The van der Waals surface area contributed by atoms with Crippen LogP contribution in [0.1, 0.15) is 62.4 Å². The lowest BCUT2D eigenvalue weighted by atomic mass is 9.83. The van der Waals surface area contributed by atoms with Crippen LogP contribution in [0, 0.1) is 5.92 Å². The van der Waals surface area contributed by atoms with Crippen molar-refractivity contribution in [3.8, 4) is 0 Å². The molecule has 6 heteroatoms. The summed E-state index contributed by atoms with van der Waals surface area (Å²) in [6, 6.07) is 0.909. The fraction of sp³-hybridized carbons (Fsp3) is 0.800. The van der Waals surface area contributed by atoms with Gasteiger partial charge in [0, 0.05) is 38.5 Å². The Kier molecular flexibility index (Phi) is 6.70. The monoisotopic (exact) mass is 362 g/mol. The van der Waals surface area contributed by atoms with E-state index in [1.54, 1.807) is 13.3 Å². The average Bonchev–Trinajstić information content (AvgIpc) is 3.15. The van der Waals surface area contributed by atoms with Crippen LogP contribution in [-0.4, -0.2) is 71.4 Å². The molecule has 2 aliphatic rings. The number of amides is 1. The maximum Gasteiger partial charge on any atom is 0.257 e. The van der Waals surface area contributed by atoms with Crippen LogP contribution in [0.15, 0.2) is 12.4 Å². The number of aromatic nitrogens is 2. The van der Waals surface area contributed by atoms with Crippen LogP contribution in [0.3, 0.4) is 0 Å². The standard InChI is InChI=1S/C20H34N4O2/c1-16(2)24-15-18(13-21-24)20(25)23(11-12-26-3)14-17-7-6-10-22-9-5-4-8-19(17)22/h13,15-17,19H,4-12,14H2,1-3H3/t17-,19+/m0/s1. The van der Waals surface area contributed by atoms with Gasteiger partial charge in [0.2, 0.25) is 0 Å². The number of carbonyl (C=O) groups is 1. The number of carbonyl (C=O) groups excluding carboxylic acids is 1. The Morgan fingerprint density at radius 1 is 1.31 bits per heavy atom. The van der Waals surface area contributed by atoms with E-state index in [4.69, 9.17) is 4.74 Å². The molecular weight excluding hydrogens is 328 g/mol. The summed E-state index contributed by atoms with van der Waals surface area (Å²) in [5.41, 5.74) is 0.686. The summed E-state index contributed by atoms with van der Waals surface area (Å²) >= 11 is 0. The molecule has 2 saturated heterocycles. The molecule has 1 amide bonds. The molecule has 2 atom stereocenters. The van der Waals surface area contributed by atoms with Crippen molar-refractivity contribution in [2.75, 3.05) is 39.9 Å². The number of hydrogen-bond acceptors (Lipinski definition) is 4. The molecule has 2 fully saturated rings. The van der Waals surface area contributed by atoms with E-state index in [-0.39, 0.29) is 11.9 Å². The number of fused-ring (bicyclic) bond motifs is 1. The van der Waals surface area contributed by atoms with Crippen molar-refractivity contribution in [1.29, 1.82) is 0 Å². The van der Waals surface area contributed by atoms with E-state index in [9.17, 15) is 4.79 Å². The largest absolute Gasteiger partial charge is 0.383 e. The zero-order valence-corrected chi connectivity index (χ0v) is 16.6. The maximum atomic E-state index is 13.1. The summed E-state index contributed by atoms with van der Waals surface area (Å²) in [4.78, 5) is 17.8. The topological polar surface area (TPSA) is 50.6 Å². The molecule has 0 aliphatic carbocycles. The van der Waals surface area contributed by atoms with Gasteiger partial charge in [-0.1, -0.05) is 6.42 Å². The fourth-order valence-electron chi connectivity index (χ4n) is 4.46. The first kappa shape index (κ1) is 19.4. The summed E-state index contributed by atoms with van der Waals surface area (Å²) in [6.07, 6.45) is 9.98. The first-order valence-electron chi connectivity index (χ1n) is 10.2. The quantitative estimate of drug-likeness (QED) is 0.748. The molecule has 0 N–H and O–H groups in total. The Bertz CT molecular complexity index is 584. The van der Waals surface area contributed by atoms with Gasteiger partial charge >= 0.3 is 0 Å². The summed E-state index contributed by atoms with van der Waals surface area (Å²) in [5, 5.41) is 4.34. The van der Waals surface area contributed by atoms with E-state index in [0.29, 0.717) is 30.7 Å². The molecular formula is C20H34N4O2. The second-order valence-electron chi connectivity index (χ2n) is 8.05. The van der Waals surface area contributed by atoms with Gasteiger partial charge in [-0.3, -0.25) is 9.48 Å². The minimum Gasteiger partial charge on any atom is -0.383 e. The SMILES string of the molecule is COCCN(C[C@@H]1CCCN2CCCC[C@H]12)C(=O)c1cnn(C(C)C)c1. The molecule has 1 aromatic rings. The molecule has 0 radical (unpaired) electrons. The number of ether oxygens (including phenoxy) is 1. The molecule has 0 spiro atoms. The summed E-state index contributed by atoms with van der Waals surface area (Å²) in [5.74, 6) is 0.659. The zero-order chi connectivity index (χ0) is 18.5. The molecule has 0 saturated carbocycles. The van der Waals surface area contributed by atoms with Crippen molar-refractivity contribution in [3.63, 3.8) is 0 Å². The smallest absolute Gasteiger partial charge is 0.257 e. The average molecular weight is 363 g/mol. The Labute approximate surface area is 157 Å². The van der Waals surface area contributed by atoms with Crippen molar-refractivity contribution >= 4 is 5.91 Å². The minimum absolute atomic E-state index is 0.0851. The second kappa shape index (κ2) is 9.00. The molecule has 26 heavy (non-hydrogen) atoms. The lowest BCUT2D eigenvalue weighted by molar-refractivity contribution is 0.0315. The van der Waals surface area contributed by atoms with Gasteiger partial charge in [0.05, 0.1) is 18.4 Å². The van der Waals surface area contributed by atoms with Crippen molar-refractivity contribution < 1.29 is 9.53 Å². The Balaban J connectivity index is 1.71. The second-order valence-corrected chi connectivity index (χ2v) is 8.05. The van der Waals surface area contributed by atoms with Crippen LogP contribution >= 0.6 is 0 Å². The van der Waals surface area contributed by atoms with E-state index in [1.807, 2.05) is 15.8 Å². The van der Waals surface area contributed by atoms with Crippen molar-refractivity contribution in [3.05, 3.63) is 18.0 Å². The molecule has 0 bridgehead atoms. The first-order valence-corrected chi connectivity index (χ1v) is 10.2. The molecule has 0 unspecified atom stereocenters. The zero-order valence-electron chi connectivity index (χ0n) is 16.6. The van der Waals surface area contributed by atoms with Gasteiger partial charge in [-0.2, -0.15) is 5.10 Å². The van der Waals surface area contributed by atoms with Crippen LogP contribution in [-0.2, 0) is 4.74 Å². The molecule has 2 aliphatic heterocycles. The van der Waals surface area contributed by atoms with Gasteiger partial charge < -0.3 is 14.5 Å². The van der Waals surface area contributed by atoms with Crippen LogP contribution in [0.5, 0.6) is 0 Å². The molecule has 0 aromatic carbocycles. The van der Waals surface area contributed by atoms with Gasteiger partial charge in [0.25, 0.3) is 5.91 Å². The number of rotatable bonds is 7. The highest BCUT2D eigenvalue weighted by Crippen LogP contribution is 2.31. The Morgan fingerprint density at radius 3 is 2.85 bits per heavy atom. The fourth-order valence-corrected chi connectivity index (χ4v) is 4.46. The van der Waals surface area contributed by atoms with E-state index in [1.165, 1.54) is 45.2 Å². The summed E-state index contributed by atoms with van der Waals surface area (Å²) < 4.78 is 7.12. The summed E-state index contributed by atoms with van der Waals surface area (Å²) in [7, 11) is 1.70. The highest BCUT2D eigenvalue weighted by Gasteiger charge is 2.34. The number of hydrogen-bond donors (Lipinski definition) is 0. The third kappa shape index (κ3) is 4.46. The summed E-state index contributed by atoms with van der Waals surface area (Å²) in [6.45, 7) is 8.66. The number of nitrogens with zero attached hydrogens (tertiary/aromatic N) is 4. The minimum atomic E-state index is 0.0851. The van der Waals surface area contributed by atoms with Gasteiger partial charge in [0.1, 0.15) is 0 Å². The third-order valence-corrected chi connectivity index (χ3v) is 5.91. The molecule has 6 nitrogen and oxygen atoms in total. The first-order chi connectivity index (χ1) is 12.6. The van der Waals surface area contributed by atoms with Crippen molar-refractivity contribution in [2.45, 2.75) is 58.0 Å². The van der Waals surface area contributed by atoms with Crippen LogP contribution in [0.25, 0.3) is 0 Å².